The molecule has 6 heteroatoms. The first-order valence-electron chi connectivity index (χ1n) is 9.35. The van der Waals surface area contributed by atoms with Gasteiger partial charge in [-0.15, -0.1) is 11.3 Å². The van der Waals surface area contributed by atoms with E-state index in [-0.39, 0.29) is 12.0 Å². The second kappa shape index (κ2) is 8.42. The Morgan fingerprint density at radius 2 is 2.00 bits per heavy atom. The van der Waals surface area contributed by atoms with Gasteiger partial charge in [-0.2, -0.15) is 0 Å². The molecule has 0 spiro atoms. The van der Waals surface area contributed by atoms with Gasteiger partial charge in [-0.05, 0) is 49.1 Å². The SMILES string of the molecule is Cc1ccc2c(Cl)c(C(=O)N(Cc3ccc(Cl)cc3)CC3CCCO3)sc2c1. The molecule has 1 saturated heterocycles. The molecular weight excluding hydrogens is 413 g/mol. The lowest BCUT2D eigenvalue weighted by Gasteiger charge is -2.25. The molecule has 1 aliphatic rings. The zero-order valence-electron chi connectivity index (χ0n) is 15.6. The van der Waals surface area contributed by atoms with Gasteiger partial charge < -0.3 is 9.64 Å². The van der Waals surface area contributed by atoms with Crippen LogP contribution < -0.4 is 0 Å². The predicted octanol–water partition coefficient (Wildman–Crippen LogP) is 6.34. The van der Waals surface area contributed by atoms with Gasteiger partial charge in [-0.3, -0.25) is 4.79 Å². The number of nitrogens with zero attached hydrogens (tertiary/aromatic N) is 1. The third kappa shape index (κ3) is 4.20. The molecule has 1 amide bonds. The van der Waals surface area contributed by atoms with E-state index in [1.54, 1.807) is 0 Å². The summed E-state index contributed by atoms with van der Waals surface area (Å²) in [6.07, 6.45) is 2.09. The fourth-order valence-electron chi connectivity index (χ4n) is 3.52. The Morgan fingerprint density at radius 3 is 2.71 bits per heavy atom. The van der Waals surface area contributed by atoms with Crippen LogP contribution in [0.1, 0.15) is 33.6 Å². The van der Waals surface area contributed by atoms with E-state index >= 15 is 0 Å². The van der Waals surface area contributed by atoms with E-state index in [0.29, 0.717) is 28.0 Å². The number of carbonyl (C=O) groups excluding carboxylic acids is 1. The summed E-state index contributed by atoms with van der Waals surface area (Å²) in [5, 5.41) is 2.16. The summed E-state index contributed by atoms with van der Waals surface area (Å²) in [7, 11) is 0. The van der Waals surface area contributed by atoms with Crippen molar-refractivity contribution in [3.63, 3.8) is 0 Å². The van der Waals surface area contributed by atoms with E-state index in [4.69, 9.17) is 27.9 Å². The minimum atomic E-state index is -0.0469. The molecule has 1 aliphatic heterocycles. The lowest BCUT2D eigenvalue weighted by Crippen LogP contribution is -2.36. The maximum atomic E-state index is 13.4. The third-order valence-corrected chi connectivity index (χ3v) is 6.90. The second-order valence-corrected chi connectivity index (χ2v) is 9.06. The highest BCUT2D eigenvalue weighted by atomic mass is 35.5. The quantitative estimate of drug-likeness (QED) is 0.469. The first kappa shape index (κ1) is 19.7. The minimum Gasteiger partial charge on any atom is -0.376 e. The van der Waals surface area contributed by atoms with Crippen molar-refractivity contribution in [3.05, 3.63) is 68.5 Å². The molecule has 2 aromatic carbocycles. The number of rotatable bonds is 5. The van der Waals surface area contributed by atoms with Gasteiger partial charge in [0.2, 0.25) is 0 Å². The van der Waals surface area contributed by atoms with E-state index in [1.807, 2.05) is 48.2 Å². The summed E-state index contributed by atoms with van der Waals surface area (Å²) in [6.45, 7) is 3.86. The maximum Gasteiger partial charge on any atom is 0.265 e. The van der Waals surface area contributed by atoms with Gasteiger partial charge in [0.05, 0.1) is 11.1 Å². The molecule has 2 heterocycles. The fourth-order valence-corrected chi connectivity index (χ4v) is 5.22. The summed E-state index contributed by atoms with van der Waals surface area (Å²) < 4.78 is 6.83. The number of benzene rings is 2. The van der Waals surface area contributed by atoms with E-state index in [0.717, 1.165) is 40.7 Å². The zero-order chi connectivity index (χ0) is 19.7. The average molecular weight is 434 g/mol. The van der Waals surface area contributed by atoms with Crippen LogP contribution in [0.5, 0.6) is 0 Å². The van der Waals surface area contributed by atoms with Gasteiger partial charge in [0, 0.05) is 34.8 Å². The maximum absolute atomic E-state index is 13.4. The Kier molecular flexibility index (Phi) is 5.93. The van der Waals surface area contributed by atoms with Crippen LogP contribution in [0.4, 0.5) is 0 Å². The number of thiophene rings is 1. The standard InChI is InChI=1S/C22H21Cl2NO2S/c1-14-4-9-18-19(11-14)28-21(20(18)24)22(26)25(13-17-3-2-10-27-17)12-15-5-7-16(23)8-6-15/h4-9,11,17H,2-3,10,12-13H2,1H3. The van der Waals surface area contributed by atoms with Gasteiger partial charge >= 0.3 is 0 Å². The number of fused-ring (bicyclic) bond motifs is 1. The number of hydrogen-bond donors (Lipinski definition) is 0. The smallest absolute Gasteiger partial charge is 0.265 e. The van der Waals surface area contributed by atoms with E-state index in [1.165, 1.54) is 11.3 Å². The lowest BCUT2D eigenvalue weighted by molar-refractivity contribution is 0.0511. The molecule has 1 fully saturated rings. The van der Waals surface area contributed by atoms with Crippen LogP contribution in [0.3, 0.4) is 0 Å². The highest BCUT2D eigenvalue weighted by molar-refractivity contribution is 7.21. The Morgan fingerprint density at radius 1 is 1.21 bits per heavy atom. The second-order valence-electron chi connectivity index (χ2n) is 7.19. The topological polar surface area (TPSA) is 29.5 Å². The molecule has 0 bridgehead atoms. The van der Waals surface area contributed by atoms with Crippen LogP contribution >= 0.6 is 34.5 Å². The van der Waals surface area contributed by atoms with Crippen molar-refractivity contribution in [1.29, 1.82) is 0 Å². The molecule has 3 nitrogen and oxygen atoms in total. The fraction of sp³-hybridized carbons (Fsp3) is 0.318. The van der Waals surface area contributed by atoms with Gasteiger partial charge in [0.1, 0.15) is 4.88 Å². The van der Waals surface area contributed by atoms with Crippen molar-refractivity contribution in [2.24, 2.45) is 0 Å². The van der Waals surface area contributed by atoms with Crippen LogP contribution in [0.2, 0.25) is 10.0 Å². The summed E-state index contributed by atoms with van der Waals surface area (Å²) in [4.78, 5) is 15.9. The predicted molar refractivity (Wildman–Crippen MR) is 117 cm³/mol. The van der Waals surface area contributed by atoms with Crippen LogP contribution in [0.15, 0.2) is 42.5 Å². The summed E-state index contributed by atoms with van der Waals surface area (Å²) in [5.74, 6) is -0.0469. The molecule has 4 rings (SSSR count). The Labute approximate surface area is 178 Å². The summed E-state index contributed by atoms with van der Waals surface area (Å²) in [6, 6.07) is 13.7. The van der Waals surface area contributed by atoms with Crippen LogP contribution in [0, 0.1) is 6.92 Å². The molecular formula is C22H21Cl2NO2S. The number of hydrogen-bond acceptors (Lipinski definition) is 3. The Balaban J connectivity index is 1.65. The Hall–Kier alpha value is -1.59. The molecule has 0 saturated carbocycles. The van der Waals surface area contributed by atoms with E-state index in [9.17, 15) is 4.79 Å². The highest BCUT2D eigenvalue weighted by Crippen LogP contribution is 2.37. The molecule has 28 heavy (non-hydrogen) atoms. The molecule has 1 atom stereocenters. The van der Waals surface area contributed by atoms with Gasteiger partial charge in [0.15, 0.2) is 0 Å². The zero-order valence-corrected chi connectivity index (χ0v) is 17.9. The molecule has 1 unspecified atom stereocenters. The number of amides is 1. The van der Waals surface area contributed by atoms with Gasteiger partial charge in [0.25, 0.3) is 5.91 Å². The molecule has 0 radical (unpaired) electrons. The molecule has 146 valence electrons. The average Bonchev–Trinajstić information content (AvgIpc) is 3.30. The molecule has 3 aromatic rings. The van der Waals surface area contributed by atoms with Crippen LogP contribution in [-0.2, 0) is 11.3 Å². The van der Waals surface area contributed by atoms with Crippen molar-refractivity contribution < 1.29 is 9.53 Å². The van der Waals surface area contributed by atoms with E-state index < -0.39 is 0 Å². The van der Waals surface area contributed by atoms with Crippen LogP contribution in [-0.4, -0.2) is 30.1 Å². The number of ether oxygens (including phenoxy) is 1. The number of carbonyl (C=O) groups is 1. The molecule has 1 aromatic heterocycles. The van der Waals surface area contributed by atoms with Crippen molar-refractivity contribution in [2.45, 2.75) is 32.4 Å². The first-order chi connectivity index (χ1) is 13.5. The normalized spacial score (nSPS) is 16.6. The largest absolute Gasteiger partial charge is 0.376 e. The third-order valence-electron chi connectivity index (χ3n) is 5.00. The minimum absolute atomic E-state index is 0.0469. The van der Waals surface area contributed by atoms with Crippen molar-refractivity contribution >= 4 is 50.5 Å². The van der Waals surface area contributed by atoms with Crippen molar-refractivity contribution in [1.82, 2.24) is 4.90 Å². The van der Waals surface area contributed by atoms with Crippen molar-refractivity contribution in [2.75, 3.05) is 13.2 Å². The lowest BCUT2D eigenvalue weighted by atomic mass is 10.1. The highest BCUT2D eigenvalue weighted by Gasteiger charge is 2.27. The van der Waals surface area contributed by atoms with E-state index in [2.05, 4.69) is 6.07 Å². The summed E-state index contributed by atoms with van der Waals surface area (Å²) in [5.41, 5.74) is 2.19. The first-order valence-corrected chi connectivity index (χ1v) is 10.9. The number of halogens is 2. The number of aryl methyl sites for hydroxylation is 1. The van der Waals surface area contributed by atoms with Gasteiger partial charge in [-0.1, -0.05) is 47.5 Å². The van der Waals surface area contributed by atoms with Crippen LogP contribution in [0.25, 0.3) is 10.1 Å². The Bertz CT molecular complexity index is 994. The molecule has 0 aliphatic carbocycles. The van der Waals surface area contributed by atoms with Gasteiger partial charge in [-0.25, -0.2) is 0 Å². The summed E-state index contributed by atoms with van der Waals surface area (Å²) >= 11 is 14.1. The molecule has 0 N–H and O–H groups in total. The van der Waals surface area contributed by atoms with Crippen molar-refractivity contribution in [3.8, 4) is 0 Å². The monoisotopic (exact) mass is 433 g/mol.